The van der Waals surface area contributed by atoms with Gasteiger partial charge in [-0.15, -0.1) is 0 Å². The van der Waals surface area contributed by atoms with Crippen LogP contribution in [-0.4, -0.2) is 59.7 Å². The Balaban J connectivity index is 1.45. The van der Waals surface area contributed by atoms with Crippen molar-refractivity contribution in [1.29, 1.82) is 0 Å². The number of nitrogens with zero attached hydrogens (tertiary/aromatic N) is 2. The Kier molecular flexibility index (Phi) is 7.90. The zero-order valence-electron chi connectivity index (χ0n) is 17.5. The standard InChI is InChI=1S/C23H20Br2N2O5S/c24-17-10-16(11-18(25)21(17)32-14-15-4-2-1-3-5-15)12-19-22(29)27(23(30)33-19)13-20(28)26-6-8-31-9-7-26/h1-5,10-12H,6-9,13-14H2/b19-12+. The van der Waals surface area contributed by atoms with Crippen molar-refractivity contribution in [1.82, 2.24) is 9.80 Å². The van der Waals surface area contributed by atoms with Crippen molar-refractivity contribution in [3.63, 3.8) is 0 Å². The minimum Gasteiger partial charge on any atom is -0.487 e. The summed E-state index contributed by atoms with van der Waals surface area (Å²) in [6.07, 6.45) is 1.64. The van der Waals surface area contributed by atoms with E-state index in [1.165, 1.54) is 0 Å². The lowest BCUT2D eigenvalue weighted by atomic mass is 10.2. The van der Waals surface area contributed by atoms with Gasteiger partial charge in [0, 0.05) is 13.1 Å². The van der Waals surface area contributed by atoms with Gasteiger partial charge in [0.25, 0.3) is 11.1 Å². The number of thioether (sulfide) groups is 1. The van der Waals surface area contributed by atoms with Gasteiger partial charge in [0.15, 0.2) is 0 Å². The zero-order chi connectivity index (χ0) is 23.4. The highest BCUT2D eigenvalue weighted by Crippen LogP contribution is 2.38. The molecule has 2 aromatic carbocycles. The van der Waals surface area contributed by atoms with E-state index in [-0.39, 0.29) is 17.4 Å². The molecule has 0 saturated carbocycles. The van der Waals surface area contributed by atoms with E-state index in [0.29, 0.717) is 53.2 Å². The van der Waals surface area contributed by atoms with Gasteiger partial charge in [-0.25, -0.2) is 0 Å². The van der Waals surface area contributed by atoms with E-state index < -0.39 is 11.1 Å². The Labute approximate surface area is 212 Å². The van der Waals surface area contributed by atoms with Crippen LogP contribution < -0.4 is 4.74 Å². The Bertz CT molecular complexity index is 1080. The van der Waals surface area contributed by atoms with E-state index in [2.05, 4.69) is 31.9 Å². The third kappa shape index (κ3) is 5.87. The van der Waals surface area contributed by atoms with Crippen LogP contribution >= 0.6 is 43.6 Å². The van der Waals surface area contributed by atoms with E-state index in [1.54, 1.807) is 11.0 Å². The minimum absolute atomic E-state index is 0.257. The molecule has 2 aliphatic rings. The molecule has 10 heteroatoms. The lowest BCUT2D eigenvalue weighted by Gasteiger charge is -2.28. The highest BCUT2D eigenvalue weighted by molar-refractivity contribution is 9.11. The number of hydrogen-bond donors (Lipinski definition) is 0. The molecule has 3 amide bonds. The summed E-state index contributed by atoms with van der Waals surface area (Å²) in [6, 6.07) is 13.5. The molecule has 2 saturated heterocycles. The van der Waals surface area contributed by atoms with Gasteiger partial charge in [-0.05, 0) is 73.0 Å². The maximum atomic E-state index is 12.8. The summed E-state index contributed by atoms with van der Waals surface area (Å²) >= 11 is 7.88. The van der Waals surface area contributed by atoms with Gasteiger partial charge < -0.3 is 14.4 Å². The predicted octanol–water partition coefficient (Wildman–Crippen LogP) is 4.69. The van der Waals surface area contributed by atoms with E-state index >= 15 is 0 Å². The molecule has 0 bridgehead atoms. The highest BCUT2D eigenvalue weighted by atomic mass is 79.9. The Hall–Kier alpha value is -2.14. The van der Waals surface area contributed by atoms with Crippen molar-refractivity contribution in [3.8, 4) is 5.75 Å². The number of rotatable bonds is 6. The number of morpholine rings is 1. The summed E-state index contributed by atoms with van der Waals surface area (Å²) in [5.74, 6) is -0.0873. The fourth-order valence-corrected chi connectivity index (χ4v) is 5.66. The average molecular weight is 596 g/mol. The number of imide groups is 1. The molecule has 0 N–H and O–H groups in total. The van der Waals surface area contributed by atoms with Gasteiger partial charge in [-0.3, -0.25) is 19.3 Å². The number of amides is 3. The topological polar surface area (TPSA) is 76.2 Å². The van der Waals surface area contributed by atoms with Crippen LogP contribution in [0.25, 0.3) is 6.08 Å². The summed E-state index contributed by atoms with van der Waals surface area (Å²) in [5.41, 5.74) is 1.76. The van der Waals surface area contributed by atoms with Crippen LogP contribution in [0.15, 0.2) is 56.3 Å². The molecule has 7 nitrogen and oxygen atoms in total. The van der Waals surface area contributed by atoms with Crippen LogP contribution in [-0.2, 0) is 20.9 Å². The molecule has 0 unspecified atom stereocenters. The van der Waals surface area contributed by atoms with Gasteiger partial charge in [-0.1, -0.05) is 30.3 Å². The van der Waals surface area contributed by atoms with Crippen LogP contribution in [0.5, 0.6) is 5.75 Å². The predicted molar refractivity (Wildman–Crippen MR) is 133 cm³/mol. The number of hydrogen-bond acceptors (Lipinski definition) is 6. The molecule has 2 fully saturated rings. The number of ether oxygens (including phenoxy) is 2. The molecular formula is C23H20Br2N2O5S. The fourth-order valence-electron chi connectivity index (χ4n) is 3.37. The molecule has 2 aromatic rings. The minimum atomic E-state index is -0.469. The van der Waals surface area contributed by atoms with Crippen molar-refractivity contribution in [2.24, 2.45) is 0 Å². The van der Waals surface area contributed by atoms with Crippen LogP contribution in [0.3, 0.4) is 0 Å². The summed E-state index contributed by atoms with van der Waals surface area (Å²) < 4.78 is 12.6. The van der Waals surface area contributed by atoms with Crippen LogP contribution in [0.1, 0.15) is 11.1 Å². The molecule has 33 heavy (non-hydrogen) atoms. The number of benzene rings is 2. The molecule has 0 aliphatic carbocycles. The number of carbonyl (C=O) groups excluding carboxylic acids is 3. The van der Waals surface area contributed by atoms with Crippen molar-refractivity contribution in [2.45, 2.75) is 6.61 Å². The normalized spacial score (nSPS) is 17.7. The molecule has 2 heterocycles. The molecule has 0 atom stereocenters. The lowest BCUT2D eigenvalue weighted by Crippen LogP contribution is -2.46. The summed E-state index contributed by atoms with van der Waals surface area (Å²) in [7, 11) is 0. The maximum absolute atomic E-state index is 12.8. The highest BCUT2D eigenvalue weighted by Gasteiger charge is 2.37. The largest absolute Gasteiger partial charge is 0.487 e. The SMILES string of the molecule is O=C(CN1C(=O)S/C(=C/c2cc(Br)c(OCc3ccccc3)c(Br)c2)C1=O)N1CCOCC1. The molecule has 2 aliphatic heterocycles. The Morgan fingerprint density at radius 2 is 1.76 bits per heavy atom. The van der Waals surface area contributed by atoms with E-state index in [4.69, 9.17) is 9.47 Å². The summed E-state index contributed by atoms with van der Waals surface area (Å²) in [5, 5.41) is -0.450. The van der Waals surface area contributed by atoms with Gasteiger partial charge in [0.2, 0.25) is 5.91 Å². The molecular weight excluding hydrogens is 576 g/mol. The van der Waals surface area contributed by atoms with E-state index in [9.17, 15) is 14.4 Å². The smallest absolute Gasteiger partial charge is 0.294 e. The Morgan fingerprint density at radius 1 is 1.09 bits per heavy atom. The van der Waals surface area contributed by atoms with Crippen molar-refractivity contribution in [3.05, 3.63) is 67.4 Å². The quantitative estimate of drug-likeness (QED) is 0.451. The third-order valence-electron chi connectivity index (χ3n) is 5.08. The first-order valence-corrected chi connectivity index (χ1v) is 12.6. The Morgan fingerprint density at radius 3 is 2.42 bits per heavy atom. The van der Waals surface area contributed by atoms with Crippen molar-refractivity contribution in [2.75, 3.05) is 32.8 Å². The zero-order valence-corrected chi connectivity index (χ0v) is 21.4. The molecule has 4 rings (SSSR count). The summed E-state index contributed by atoms with van der Waals surface area (Å²) in [6.45, 7) is 2.00. The van der Waals surface area contributed by atoms with Gasteiger partial charge >= 0.3 is 0 Å². The van der Waals surface area contributed by atoms with Gasteiger partial charge in [0.1, 0.15) is 18.9 Å². The van der Waals surface area contributed by atoms with Crippen LogP contribution in [0.4, 0.5) is 4.79 Å². The van der Waals surface area contributed by atoms with Crippen molar-refractivity contribution < 1.29 is 23.9 Å². The first kappa shape index (κ1) is 24.0. The second-order valence-electron chi connectivity index (χ2n) is 7.35. The maximum Gasteiger partial charge on any atom is 0.294 e. The van der Waals surface area contributed by atoms with E-state index in [1.807, 2.05) is 42.5 Å². The molecule has 0 aromatic heterocycles. The lowest BCUT2D eigenvalue weighted by molar-refractivity contribution is -0.139. The molecule has 172 valence electrons. The van der Waals surface area contributed by atoms with E-state index in [0.717, 1.165) is 22.2 Å². The second kappa shape index (κ2) is 10.9. The molecule has 0 spiro atoms. The van der Waals surface area contributed by atoms with Crippen LogP contribution in [0.2, 0.25) is 0 Å². The van der Waals surface area contributed by atoms with Crippen LogP contribution in [0, 0.1) is 0 Å². The first-order valence-electron chi connectivity index (χ1n) is 10.2. The molecule has 0 radical (unpaired) electrons. The monoisotopic (exact) mass is 594 g/mol. The van der Waals surface area contributed by atoms with Crippen molar-refractivity contribution >= 4 is 66.8 Å². The fraction of sp³-hybridized carbons (Fsp3) is 0.261. The summed E-state index contributed by atoms with van der Waals surface area (Å²) in [4.78, 5) is 40.6. The number of carbonyl (C=O) groups is 3. The average Bonchev–Trinajstić information content (AvgIpc) is 3.07. The van der Waals surface area contributed by atoms with Gasteiger partial charge in [-0.2, -0.15) is 0 Å². The third-order valence-corrected chi connectivity index (χ3v) is 7.16. The van der Waals surface area contributed by atoms with Gasteiger partial charge in [0.05, 0.1) is 27.1 Å². The second-order valence-corrected chi connectivity index (χ2v) is 10.1. The number of halogens is 2. The first-order chi connectivity index (χ1) is 15.9.